The molecule has 1 aliphatic carbocycles. The highest BCUT2D eigenvalue weighted by Gasteiger charge is 2.43. The van der Waals surface area contributed by atoms with Gasteiger partial charge in [-0.05, 0) is 56.8 Å². The molecule has 0 saturated heterocycles. The number of fused-ring (bicyclic) bond motifs is 1. The third kappa shape index (κ3) is 5.08. The van der Waals surface area contributed by atoms with Gasteiger partial charge in [0.2, 0.25) is 5.91 Å². The van der Waals surface area contributed by atoms with Crippen LogP contribution in [0.5, 0.6) is 0 Å². The summed E-state index contributed by atoms with van der Waals surface area (Å²) >= 11 is 12.6. The molecule has 1 heterocycles. The first-order valence-electron chi connectivity index (χ1n) is 10.5. The van der Waals surface area contributed by atoms with E-state index in [4.69, 9.17) is 27.9 Å². The molecule has 0 unspecified atom stereocenters. The van der Waals surface area contributed by atoms with Gasteiger partial charge in [0, 0.05) is 32.8 Å². The Morgan fingerprint density at radius 3 is 2.38 bits per heavy atom. The number of rotatable bonds is 4. The zero-order valence-electron chi connectivity index (χ0n) is 18.5. The lowest BCUT2D eigenvalue weighted by Crippen LogP contribution is -2.27. The standard InChI is InChI=1S/C24H21Cl2F2N3O3/c1-24(2,3)34-23(33)31-21-14-10-29-18(30-22(32)12-9-17(12)27)8-11(14)7-13(20(21)28)19-15(25)5-4-6-16(19)26/h4-8,10,12,17H,9H2,1-3H3,(H,31,33)(H,29,30,32)/t12-,17+/m1/s1. The number of carbonyl (C=O) groups excluding carboxylic acids is 2. The molecule has 1 aliphatic rings. The van der Waals surface area contributed by atoms with Gasteiger partial charge in [0.05, 0.1) is 11.6 Å². The quantitative estimate of drug-likeness (QED) is 0.398. The molecule has 10 heteroatoms. The first-order chi connectivity index (χ1) is 15.9. The summed E-state index contributed by atoms with van der Waals surface area (Å²) in [6, 6.07) is 7.74. The Hall–Kier alpha value is -2.97. The average molecular weight is 508 g/mol. The minimum atomic E-state index is -1.16. The molecular formula is C24H21Cl2F2N3O3. The fourth-order valence-electron chi connectivity index (χ4n) is 3.46. The van der Waals surface area contributed by atoms with Crippen LogP contribution in [0.25, 0.3) is 21.9 Å². The SMILES string of the molecule is CC(C)(C)OC(=O)Nc1c(F)c(-c2c(Cl)cccc2Cl)cc2cc(NC(=O)[C@@H]3C[C@@H]3F)ncc12. The average Bonchev–Trinajstić information content (AvgIpc) is 3.46. The number of benzene rings is 2. The molecule has 178 valence electrons. The molecule has 0 bridgehead atoms. The number of anilines is 2. The first-order valence-corrected chi connectivity index (χ1v) is 11.2. The molecule has 6 nitrogen and oxygen atoms in total. The lowest BCUT2D eigenvalue weighted by Gasteiger charge is -2.21. The smallest absolute Gasteiger partial charge is 0.412 e. The van der Waals surface area contributed by atoms with Crippen LogP contribution in [0.15, 0.2) is 36.5 Å². The lowest BCUT2D eigenvalue weighted by atomic mass is 9.99. The summed E-state index contributed by atoms with van der Waals surface area (Å²) < 4.78 is 34.3. The molecule has 1 saturated carbocycles. The zero-order valence-corrected chi connectivity index (χ0v) is 20.0. The number of carbonyl (C=O) groups is 2. The number of hydrogen-bond donors (Lipinski definition) is 2. The van der Waals surface area contributed by atoms with Crippen LogP contribution in [0, 0.1) is 11.7 Å². The van der Waals surface area contributed by atoms with Crippen molar-refractivity contribution in [3.63, 3.8) is 0 Å². The van der Waals surface area contributed by atoms with E-state index in [2.05, 4.69) is 15.6 Å². The van der Waals surface area contributed by atoms with Gasteiger partial charge in [0.25, 0.3) is 0 Å². The van der Waals surface area contributed by atoms with E-state index in [-0.39, 0.29) is 44.5 Å². The largest absolute Gasteiger partial charge is 0.444 e. The van der Waals surface area contributed by atoms with Crippen LogP contribution in [0.2, 0.25) is 10.0 Å². The van der Waals surface area contributed by atoms with Gasteiger partial charge in [-0.1, -0.05) is 29.3 Å². The Kier molecular flexibility index (Phi) is 6.40. The third-order valence-electron chi connectivity index (χ3n) is 5.12. The molecule has 4 rings (SSSR count). The number of pyridine rings is 1. The molecule has 2 atom stereocenters. The Balaban J connectivity index is 1.84. The summed E-state index contributed by atoms with van der Waals surface area (Å²) in [5.74, 6) is -1.82. The van der Waals surface area contributed by atoms with E-state index in [0.717, 1.165) is 0 Å². The second-order valence-corrected chi connectivity index (χ2v) is 9.79. The zero-order chi connectivity index (χ0) is 24.8. The third-order valence-corrected chi connectivity index (χ3v) is 5.75. The lowest BCUT2D eigenvalue weighted by molar-refractivity contribution is -0.117. The fraction of sp³-hybridized carbons (Fsp3) is 0.292. The second-order valence-electron chi connectivity index (χ2n) is 8.97. The van der Waals surface area contributed by atoms with Crippen LogP contribution in [0.1, 0.15) is 27.2 Å². The molecule has 1 aromatic heterocycles. The summed E-state index contributed by atoms with van der Waals surface area (Å²) in [4.78, 5) is 28.7. The van der Waals surface area contributed by atoms with Crippen LogP contribution in [-0.4, -0.2) is 28.8 Å². The van der Waals surface area contributed by atoms with Crippen molar-refractivity contribution in [3.8, 4) is 11.1 Å². The van der Waals surface area contributed by atoms with Gasteiger partial charge in [0.15, 0.2) is 5.82 Å². The molecule has 34 heavy (non-hydrogen) atoms. The molecule has 2 aromatic carbocycles. The second kappa shape index (κ2) is 9.00. The van der Waals surface area contributed by atoms with Gasteiger partial charge in [0.1, 0.15) is 17.6 Å². The molecule has 0 radical (unpaired) electrons. The Bertz CT molecular complexity index is 1290. The molecule has 2 N–H and O–H groups in total. The van der Waals surface area contributed by atoms with Crippen molar-refractivity contribution in [2.45, 2.75) is 39.0 Å². The van der Waals surface area contributed by atoms with Crippen LogP contribution >= 0.6 is 23.2 Å². The van der Waals surface area contributed by atoms with Gasteiger partial charge in [-0.2, -0.15) is 0 Å². The van der Waals surface area contributed by atoms with Crippen molar-refractivity contribution in [2.24, 2.45) is 5.92 Å². The monoisotopic (exact) mass is 507 g/mol. The summed E-state index contributed by atoms with van der Waals surface area (Å²) in [5, 5.41) is 6.12. The van der Waals surface area contributed by atoms with E-state index < -0.39 is 35.5 Å². The van der Waals surface area contributed by atoms with Crippen molar-refractivity contribution >= 4 is 57.5 Å². The minimum absolute atomic E-state index is 0.0312. The Morgan fingerprint density at radius 2 is 1.79 bits per heavy atom. The first kappa shape index (κ1) is 24.2. The van der Waals surface area contributed by atoms with Crippen LogP contribution in [0.3, 0.4) is 0 Å². The van der Waals surface area contributed by atoms with Crippen molar-refractivity contribution in [3.05, 3.63) is 52.4 Å². The number of aromatic nitrogens is 1. The molecule has 0 aliphatic heterocycles. The van der Waals surface area contributed by atoms with Crippen molar-refractivity contribution in [1.82, 2.24) is 4.98 Å². The normalized spacial score (nSPS) is 17.4. The highest BCUT2D eigenvalue weighted by atomic mass is 35.5. The van der Waals surface area contributed by atoms with Crippen molar-refractivity contribution in [1.29, 1.82) is 0 Å². The topological polar surface area (TPSA) is 80.3 Å². The maximum absolute atomic E-state index is 15.8. The van der Waals surface area contributed by atoms with Gasteiger partial charge in [-0.15, -0.1) is 0 Å². The van der Waals surface area contributed by atoms with Crippen LogP contribution in [-0.2, 0) is 9.53 Å². The van der Waals surface area contributed by atoms with E-state index >= 15 is 4.39 Å². The number of ether oxygens (including phenoxy) is 1. The molecule has 1 fully saturated rings. The minimum Gasteiger partial charge on any atom is -0.444 e. The maximum Gasteiger partial charge on any atom is 0.412 e. The fourth-order valence-corrected chi connectivity index (χ4v) is 4.06. The number of nitrogens with zero attached hydrogens (tertiary/aromatic N) is 1. The van der Waals surface area contributed by atoms with Gasteiger partial charge < -0.3 is 10.1 Å². The van der Waals surface area contributed by atoms with E-state index in [1.54, 1.807) is 39.0 Å². The van der Waals surface area contributed by atoms with Crippen molar-refractivity contribution in [2.75, 3.05) is 10.6 Å². The number of amides is 2. The number of hydrogen-bond acceptors (Lipinski definition) is 4. The number of alkyl halides is 1. The highest BCUT2D eigenvalue weighted by molar-refractivity contribution is 6.39. The number of halogens is 4. The molecule has 0 spiro atoms. The Morgan fingerprint density at radius 1 is 1.15 bits per heavy atom. The molecular weight excluding hydrogens is 487 g/mol. The number of nitrogens with one attached hydrogen (secondary N) is 2. The molecule has 2 amide bonds. The van der Waals surface area contributed by atoms with Gasteiger partial charge >= 0.3 is 6.09 Å². The van der Waals surface area contributed by atoms with E-state index in [1.807, 2.05) is 0 Å². The van der Waals surface area contributed by atoms with Gasteiger partial charge in [-0.3, -0.25) is 10.1 Å². The summed E-state index contributed by atoms with van der Waals surface area (Å²) in [6.07, 6.45) is -0.550. The molecule has 3 aromatic rings. The van der Waals surface area contributed by atoms with E-state index in [1.165, 1.54) is 18.3 Å². The maximum atomic E-state index is 15.8. The van der Waals surface area contributed by atoms with Gasteiger partial charge in [-0.25, -0.2) is 18.6 Å². The predicted molar refractivity (Wildman–Crippen MR) is 129 cm³/mol. The van der Waals surface area contributed by atoms with E-state index in [0.29, 0.717) is 5.39 Å². The van der Waals surface area contributed by atoms with Crippen LogP contribution in [0.4, 0.5) is 25.1 Å². The summed E-state index contributed by atoms with van der Waals surface area (Å²) in [5.41, 5.74) is -0.733. The summed E-state index contributed by atoms with van der Waals surface area (Å²) in [6.45, 7) is 5.04. The Labute approximate surface area is 204 Å². The summed E-state index contributed by atoms with van der Waals surface area (Å²) in [7, 11) is 0. The van der Waals surface area contributed by atoms with E-state index in [9.17, 15) is 14.0 Å². The van der Waals surface area contributed by atoms with Crippen LogP contribution < -0.4 is 10.6 Å². The highest BCUT2D eigenvalue weighted by Crippen LogP contribution is 2.42. The predicted octanol–water partition coefficient (Wildman–Crippen LogP) is 6.99. The van der Waals surface area contributed by atoms with Crippen molar-refractivity contribution < 1.29 is 23.1 Å².